The molecule has 0 unspecified atom stereocenters. The van der Waals surface area contributed by atoms with E-state index in [0.717, 1.165) is 65.7 Å². The fourth-order valence-electron chi connectivity index (χ4n) is 5.34. The number of nitrogens with zero attached hydrogens (tertiary/aromatic N) is 3. The van der Waals surface area contributed by atoms with E-state index in [9.17, 15) is 18.0 Å². The zero-order valence-electron chi connectivity index (χ0n) is 21.1. The van der Waals surface area contributed by atoms with Gasteiger partial charge in [-0.2, -0.15) is 0 Å². The maximum absolute atomic E-state index is 13.8. The Morgan fingerprint density at radius 3 is 2.16 bits per heavy atom. The number of urea groups is 1. The Kier molecular flexibility index (Phi) is 6.41. The summed E-state index contributed by atoms with van der Waals surface area (Å²) < 4.78 is 29.4. The Morgan fingerprint density at radius 2 is 1.57 bits per heavy atom. The highest BCUT2D eigenvalue weighted by atomic mass is 32.2. The summed E-state index contributed by atoms with van der Waals surface area (Å²) in [5.41, 5.74) is 5.96. The van der Waals surface area contributed by atoms with Crippen LogP contribution in [-0.2, 0) is 23.0 Å². The van der Waals surface area contributed by atoms with Crippen molar-refractivity contribution in [3.05, 3.63) is 78.1 Å². The maximum Gasteiger partial charge on any atom is 0.338 e. The van der Waals surface area contributed by atoms with Crippen LogP contribution >= 0.6 is 0 Å². The van der Waals surface area contributed by atoms with Crippen molar-refractivity contribution in [3.8, 4) is 22.4 Å². The lowest BCUT2D eigenvalue weighted by atomic mass is 9.98. The van der Waals surface area contributed by atoms with Gasteiger partial charge in [-0.15, -0.1) is 0 Å². The second kappa shape index (κ2) is 9.55. The molecule has 37 heavy (non-hydrogen) atoms. The van der Waals surface area contributed by atoms with Gasteiger partial charge < -0.3 is 4.57 Å². The molecular weight excluding hydrogens is 488 g/mol. The smallest absolute Gasteiger partial charge is 0.325 e. The number of hydrogen-bond acceptors (Lipinski definition) is 4. The summed E-state index contributed by atoms with van der Waals surface area (Å²) in [6.07, 6.45) is 5.66. The van der Waals surface area contributed by atoms with Gasteiger partial charge in [-0.05, 0) is 44.2 Å². The highest BCUT2D eigenvalue weighted by Gasteiger charge is 2.33. The van der Waals surface area contributed by atoms with E-state index in [2.05, 4.69) is 9.88 Å². The Labute approximate surface area is 216 Å². The lowest BCUT2D eigenvalue weighted by Gasteiger charge is -2.24. The fourth-order valence-corrected chi connectivity index (χ4v) is 6.46. The van der Waals surface area contributed by atoms with Crippen molar-refractivity contribution in [1.82, 2.24) is 18.6 Å². The van der Waals surface area contributed by atoms with Gasteiger partial charge in [-0.1, -0.05) is 60.7 Å². The summed E-state index contributed by atoms with van der Waals surface area (Å²) in [4.78, 5) is 26.9. The minimum Gasteiger partial charge on any atom is -0.325 e. The molecule has 0 radical (unpaired) electrons. The normalized spacial score (nSPS) is 13.5. The summed E-state index contributed by atoms with van der Waals surface area (Å²) in [7, 11) is -3.87. The summed E-state index contributed by atoms with van der Waals surface area (Å²) in [5, 5.41) is 2.37. The van der Waals surface area contributed by atoms with E-state index in [1.54, 1.807) is 13.8 Å². The van der Waals surface area contributed by atoms with E-state index in [-0.39, 0.29) is 0 Å². The van der Waals surface area contributed by atoms with Gasteiger partial charge in [0.05, 0.1) is 11.9 Å². The predicted octanol–water partition coefficient (Wildman–Crippen LogP) is 4.93. The number of imide groups is 1. The number of carbonyl (C=O) groups is 2. The Balaban J connectivity index is 1.73. The van der Waals surface area contributed by atoms with Crippen LogP contribution in [0, 0.1) is 0 Å². The third kappa shape index (κ3) is 4.44. The zero-order chi connectivity index (χ0) is 26.3. The van der Waals surface area contributed by atoms with Gasteiger partial charge in [0.15, 0.2) is 0 Å². The van der Waals surface area contributed by atoms with Crippen LogP contribution < -0.4 is 5.32 Å². The zero-order valence-corrected chi connectivity index (χ0v) is 22.0. The molecule has 0 fully saturated rings. The van der Waals surface area contributed by atoms with E-state index >= 15 is 0 Å². The molecule has 2 aromatic heterocycles. The van der Waals surface area contributed by atoms with E-state index in [1.165, 1.54) is 0 Å². The van der Waals surface area contributed by atoms with E-state index < -0.39 is 28.0 Å². The van der Waals surface area contributed by atoms with E-state index in [4.69, 9.17) is 0 Å². The van der Waals surface area contributed by atoms with Gasteiger partial charge in [0, 0.05) is 29.9 Å². The second-order valence-electron chi connectivity index (χ2n) is 9.66. The van der Waals surface area contributed by atoms with Crippen molar-refractivity contribution in [2.24, 2.45) is 0 Å². The average Bonchev–Trinajstić information content (AvgIpc) is 3.27. The van der Waals surface area contributed by atoms with E-state index in [0.29, 0.717) is 10.00 Å². The summed E-state index contributed by atoms with van der Waals surface area (Å²) >= 11 is 0. The molecule has 192 valence electrons. The Hall–Kier alpha value is -3.85. The lowest BCUT2D eigenvalue weighted by Crippen LogP contribution is -2.49. The van der Waals surface area contributed by atoms with Gasteiger partial charge in [0.25, 0.3) is 5.91 Å². The molecular formula is C28H30N4O4S. The maximum atomic E-state index is 13.8. The van der Waals surface area contributed by atoms with Gasteiger partial charge >= 0.3 is 6.03 Å². The minimum atomic E-state index is -3.87. The standard InChI is InChI=1S/C28H30N4O4S/c1-19(2)32(37(3,35)36)28(34)29-26(33)25-24(21-14-8-5-9-15-21)22-16-10-11-17-30-23(18-31(25)27(22)30)20-12-6-4-7-13-20/h4-9,12-15,18-19H,10-11,16-17H2,1-3H3,(H,29,33,34). The van der Waals surface area contributed by atoms with Crippen molar-refractivity contribution < 1.29 is 18.0 Å². The highest BCUT2D eigenvalue weighted by Crippen LogP contribution is 2.39. The molecule has 0 bridgehead atoms. The van der Waals surface area contributed by atoms with Crippen molar-refractivity contribution in [2.45, 2.75) is 45.7 Å². The van der Waals surface area contributed by atoms with Gasteiger partial charge in [-0.3, -0.25) is 14.5 Å². The van der Waals surface area contributed by atoms with Crippen LogP contribution in [0.15, 0.2) is 66.9 Å². The quantitative estimate of drug-likeness (QED) is 0.405. The molecule has 1 aliphatic rings. The number of rotatable bonds is 5. The van der Waals surface area contributed by atoms with Gasteiger partial charge in [-0.25, -0.2) is 17.5 Å². The molecule has 0 saturated carbocycles. The number of carbonyl (C=O) groups excluding carboxylic acids is 2. The van der Waals surface area contributed by atoms with Crippen molar-refractivity contribution in [1.29, 1.82) is 0 Å². The summed E-state index contributed by atoms with van der Waals surface area (Å²) in [6.45, 7) is 3.99. The number of imidazole rings is 1. The SMILES string of the molecule is CC(C)N(C(=O)NC(=O)c1c(-c2ccccc2)c2c3n(c(-c4ccccc4)cn13)CCCC2)S(C)(=O)=O. The minimum absolute atomic E-state index is 0.319. The van der Waals surface area contributed by atoms with Crippen molar-refractivity contribution in [2.75, 3.05) is 6.26 Å². The number of benzene rings is 2. The largest absolute Gasteiger partial charge is 0.338 e. The van der Waals surface area contributed by atoms with Crippen LogP contribution in [0.5, 0.6) is 0 Å². The molecule has 0 aliphatic carbocycles. The second-order valence-corrected chi connectivity index (χ2v) is 11.5. The molecule has 9 heteroatoms. The highest BCUT2D eigenvalue weighted by molar-refractivity contribution is 7.88. The first kappa shape index (κ1) is 24.8. The van der Waals surface area contributed by atoms with Gasteiger partial charge in [0.1, 0.15) is 11.3 Å². The molecule has 1 N–H and O–H groups in total. The van der Waals surface area contributed by atoms with Crippen LogP contribution in [-0.4, -0.2) is 45.9 Å². The first-order valence-electron chi connectivity index (χ1n) is 12.4. The van der Waals surface area contributed by atoms with Crippen LogP contribution in [0.3, 0.4) is 0 Å². The fraction of sp³-hybridized carbons (Fsp3) is 0.286. The van der Waals surface area contributed by atoms with Crippen LogP contribution in [0.25, 0.3) is 28.0 Å². The average molecular weight is 519 g/mol. The van der Waals surface area contributed by atoms with Crippen LogP contribution in [0.2, 0.25) is 0 Å². The van der Waals surface area contributed by atoms with Crippen molar-refractivity contribution in [3.63, 3.8) is 0 Å². The monoisotopic (exact) mass is 518 g/mol. The molecule has 4 aromatic rings. The topological polar surface area (TPSA) is 92.9 Å². The number of hydrogen-bond donors (Lipinski definition) is 1. The number of sulfonamides is 1. The Morgan fingerprint density at radius 1 is 0.946 bits per heavy atom. The molecule has 0 saturated heterocycles. The molecule has 8 nitrogen and oxygen atoms in total. The first-order valence-corrected chi connectivity index (χ1v) is 14.2. The number of aryl methyl sites for hydroxylation is 2. The molecule has 3 heterocycles. The first-order chi connectivity index (χ1) is 17.7. The number of nitrogens with one attached hydrogen (secondary N) is 1. The van der Waals surface area contributed by atoms with Gasteiger partial charge in [0.2, 0.25) is 10.0 Å². The molecule has 1 aliphatic heterocycles. The molecule has 0 atom stereocenters. The molecule has 3 amide bonds. The number of aromatic nitrogens is 2. The Bertz CT molecular complexity index is 1590. The van der Waals surface area contributed by atoms with Crippen LogP contribution in [0.1, 0.15) is 42.7 Å². The molecule has 5 rings (SSSR count). The van der Waals surface area contributed by atoms with Crippen molar-refractivity contribution >= 4 is 27.6 Å². The summed E-state index contributed by atoms with van der Waals surface area (Å²) in [5.74, 6) is -0.642. The molecule has 0 spiro atoms. The third-order valence-electron chi connectivity index (χ3n) is 6.73. The predicted molar refractivity (Wildman–Crippen MR) is 144 cm³/mol. The molecule has 2 aromatic carbocycles. The third-order valence-corrected chi connectivity index (χ3v) is 8.03. The summed E-state index contributed by atoms with van der Waals surface area (Å²) in [6, 6.07) is 18.1. The number of amides is 3. The van der Waals surface area contributed by atoms with E-state index in [1.807, 2.05) is 71.3 Å². The lowest BCUT2D eigenvalue weighted by molar-refractivity contribution is 0.0953. The van der Waals surface area contributed by atoms with Crippen LogP contribution in [0.4, 0.5) is 4.79 Å².